The second-order valence-electron chi connectivity index (χ2n) is 8.03. The van der Waals surface area contributed by atoms with Gasteiger partial charge >= 0.3 is 0 Å². The van der Waals surface area contributed by atoms with Gasteiger partial charge in [0.1, 0.15) is 23.9 Å². The van der Waals surface area contributed by atoms with Gasteiger partial charge in [-0.2, -0.15) is 5.10 Å². The molecule has 1 amide bonds. The number of ether oxygens (including phenoxy) is 2. The number of anilines is 1. The highest BCUT2D eigenvalue weighted by Crippen LogP contribution is 2.23. The average Bonchev–Trinajstić information content (AvgIpc) is 3.28. The van der Waals surface area contributed by atoms with Gasteiger partial charge in [-0.15, -0.1) is 0 Å². The van der Waals surface area contributed by atoms with E-state index in [-0.39, 0.29) is 11.7 Å². The molecule has 0 aliphatic carbocycles. The van der Waals surface area contributed by atoms with E-state index in [4.69, 9.17) is 9.47 Å². The molecule has 6 nitrogen and oxygen atoms in total. The summed E-state index contributed by atoms with van der Waals surface area (Å²) < 4.78 is 26.4. The Kier molecular flexibility index (Phi) is 7.57. The Hall–Kier alpha value is -4.39. The normalized spacial score (nSPS) is 10.9. The molecule has 0 aliphatic rings. The molecule has 0 radical (unpaired) electrons. The minimum Gasteiger partial charge on any atom is -0.496 e. The number of hydrogen-bond acceptors (Lipinski definition) is 4. The van der Waals surface area contributed by atoms with E-state index in [1.54, 1.807) is 36.2 Å². The molecule has 0 unspecified atom stereocenters. The zero-order chi connectivity index (χ0) is 24.6. The zero-order valence-electron chi connectivity index (χ0n) is 19.6. The molecule has 35 heavy (non-hydrogen) atoms. The van der Waals surface area contributed by atoms with Crippen LogP contribution < -0.4 is 14.8 Å². The van der Waals surface area contributed by atoms with Gasteiger partial charge < -0.3 is 14.8 Å². The standard InChI is InChI=1S/C28H26FN3O3/c1-20-5-3-8-25(15-20)35-19-23-16-21(9-11-26(23)34-2)10-12-28(33)30-27-13-14-32(31-27)18-22-6-4-7-24(29)17-22/h3-17H,18-19H2,1-2H3,(H,30,31,33)/b12-10+. The highest BCUT2D eigenvalue weighted by molar-refractivity contribution is 6.01. The Labute approximate surface area is 203 Å². The predicted molar refractivity (Wildman–Crippen MR) is 134 cm³/mol. The van der Waals surface area contributed by atoms with Crippen LogP contribution >= 0.6 is 0 Å². The van der Waals surface area contributed by atoms with Crippen molar-refractivity contribution in [2.75, 3.05) is 12.4 Å². The third kappa shape index (κ3) is 6.80. The first-order valence-corrected chi connectivity index (χ1v) is 11.1. The smallest absolute Gasteiger partial charge is 0.249 e. The fourth-order valence-corrected chi connectivity index (χ4v) is 3.56. The molecule has 3 aromatic carbocycles. The lowest BCUT2D eigenvalue weighted by atomic mass is 10.1. The highest BCUT2D eigenvalue weighted by Gasteiger charge is 2.07. The Morgan fingerprint density at radius 1 is 1.09 bits per heavy atom. The van der Waals surface area contributed by atoms with E-state index >= 15 is 0 Å². The van der Waals surface area contributed by atoms with E-state index in [1.807, 2.05) is 55.5 Å². The summed E-state index contributed by atoms with van der Waals surface area (Å²) >= 11 is 0. The Morgan fingerprint density at radius 3 is 2.74 bits per heavy atom. The van der Waals surface area contributed by atoms with Gasteiger partial charge in [-0.3, -0.25) is 9.48 Å². The van der Waals surface area contributed by atoms with Crippen molar-refractivity contribution in [3.63, 3.8) is 0 Å². The monoisotopic (exact) mass is 471 g/mol. The van der Waals surface area contributed by atoms with Crippen LogP contribution in [0.25, 0.3) is 6.08 Å². The third-order valence-electron chi connectivity index (χ3n) is 5.24. The van der Waals surface area contributed by atoms with Gasteiger partial charge in [0.25, 0.3) is 0 Å². The van der Waals surface area contributed by atoms with Crippen molar-refractivity contribution in [1.82, 2.24) is 9.78 Å². The number of benzene rings is 3. The van der Waals surface area contributed by atoms with Crippen LogP contribution in [0.2, 0.25) is 0 Å². The summed E-state index contributed by atoms with van der Waals surface area (Å²) in [4.78, 5) is 12.4. The molecule has 1 heterocycles. The maximum Gasteiger partial charge on any atom is 0.249 e. The van der Waals surface area contributed by atoms with Crippen LogP contribution in [0.3, 0.4) is 0 Å². The zero-order valence-corrected chi connectivity index (χ0v) is 19.6. The van der Waals surface area contributed by atoms with Crippen LogP contribution in [0.1, 0.15) is 22.3 Å². The molecule has 0 saturated heterocycles. The number of nitrogens with zero attached hydrogens (tertiary/aromatic N) is 2. The van der Waals surface area contributed by atoms with Crippen molar-refractivity contribution in [1.29, 1.82) is 0 Å². The summed E-state index contributed by atoms with van der Waals surface area (Å²) in [6.45, 7) is 2.75. The quantitative estimate of drug-likeness (QED) is 0.322. The van der Waals surface area contributed by atoms with Crippen molar-refractivity contribution < 1.29 is 18.7 Å². The van der Waals surface area contributed by atoms with Gasteiger partial charge in [-0.25, -0.2) is 4.39 Å². The molecule has 4 rings (SSSR count). The number of nitrogens with one attached hydrogen (secondary N) is 1. The SMILES string of the molecule is COc1ccc(/C=C/C(=O)Nc2ccn(Cc3cccc(F)c3)n2)cc1COc1cccc(C)c1. The topological polar surface area (TPSA) is 65.4 Å². The van der Waals surface area contributed by atoms with Crippen molar-refractivity contribution >= 4 is 17.8 Å². The third-order valence-corrected chi connectivity index (χ3v) is 5.24. The second-order valence-corrected chi connectivity index (χ2v) is 8.03. The largest absolute Gasteiger partial charge is 0.496 e. The molecule has 0 fully saturated rings. The van der Waals surface area contributed by atoms with Crippen LogP contribution in [-0.4, -0.2) is 22.8 Å². The number of halogens is 1. The maximum atomic E-state index is 13.4. The number of aromatic nitrogens is 2. The molecule has 4 aromatic rings. The number of aryl methyl sites for hydroxylation is 1. The number of carbonyl (C=O) groups excluding carboxylic acids is 1. The molecule has 1 aromatic heterocycles. The van der Waals surface area contributed by atoms with Crippen LogP contribution in [0.5, 0.6) is 11.5 Å². The van der Waals surface area contributed by atoms with Crippen LogP contribution in [0, 0.1) is 12.7 Å². The van der Waals surface area contributed by atoms with E-state index in [0.29, 0.717) is 24.7 Å². The summed E-state index contributed by atoms with van der Waals surface area (Å²) in [5, 5.41) is 7.06. The summed E-state index contributed by atoms with van der Waals surface area (Å²) in [6.07, 6.45) is 4.89. The Bertz CT molecular complexity index is 1350. The second kappa shape index (κ2) is 11.2. The minimum absolute atomic E-state index is 0.295. The van der Waals surface area contributed by atoms with Crippen LogP contribution in [0.15, 0.2) is 85.1 Å². The fraction of sp³-hybridized carbons (Fsp3) is 0.143. The minimum atomic E-state index is -0.311. The molecule has 0 aliphatic heterocycles. The molecule has 0 saturated carbocycles. The van der Waals surface area contributed by atoms with E-state index in [2.05, 4.69) is 10.4 Å². The van der Waals surface area contributed by atoms with E-state index in [0.717, 1.165) is 28.0 Å². The lowest BCUT2D eigenvalue weighted by Crippen LogP contribution is -2.09. The summed E-state index contributed by atoms with van der Waals surface area (Å²) in [5.41, 5.74) is 3.61. The van der Waals surface area contributed by atoms with Gasteiger partial charge in [0.15, 0.2) is 5.82 Å². The molecule has 7 heteroatoms. The fourth-order valence-electron chi connectivity index (χ4n) is 3.56. The Morgan fingerprint density at radius 2 is 1.94 bits per heavy atom. The number of methoxy groups -OCH3 is 1. The average molecular weight is 472 g/mol. The highest BCUT2D eigenvalue weighted by atomic mass is 19.1. The van der Waals surface area contributed by atoms with Gasteiger partial charge in [0.05, 0.1) is 13.7 Å². The first-order chi connectivity index (χ1) is 17.0. The first-order valence-electron chi connectivity index (χ1n) is 11.1. The molecule has 0 atom stereocenters. The van der Waals surface area contributed by atoms with Gasteiger partial charge in [-0.05, 0) is 66.1 Å². The lowest BCUT2D eigenvalue weighted by molar-refractivity contribution is -0.111. The number of carbonyl (C=O) groups is 1. The first kappa shape index (κ1) is 23.8. The van der Waals surface area contributed by atoms with Crippen molar-refractivity contribution in [3.05, 3.63) is 113 Å². The predicted octanol–water partition coefficient (Wildman–Crippen LogP) is 5.62. The number of amides is 1. The van der Waals surface area contributed by atoms with Crippen molar-refractivity contribution in [2.45, 2.75) is 20.1 Å². The van der Waals surface area contributed by atoms with E-state index < -0.39 is 0 Å². The van der Waals surface area contributed by atoms with Crippen molar-refractivity contribution in [2.24, 2.45) is 0 Å². The van der Waals surface area contributed by atoms with Gasteiger partial charge in [0, 0.05) is 23.9 Å². The maximum absolute atomic E-state index is 13.4. The summed E-state index contributed by atoms with van der Waals surface area (Å²) in [6, 6.07) is 21.5. The van der Waals surface area contributed by atoms with Crippen LogP contribution in [0.4, 0.5) is 10.2 Å². The number of rotatable bonds is 9. The summed E-state index contributed by atoms with van der Waals surface area (Å²) in [5.74, 6) is 1.30. The molecule has 178 valence electrons. The Balaban J connectivity index is 1.37. The number of hydrogen-bond donors (Lipinski definition) is 1. The van der Waals surface area contributed by atoms with Crippen LogP contribution in [-0.2, 0) is 17.9 Å². The van der Waals surface area contributed by atoms with Crippen molar-refractivity contribution in [3.8, 4) is 11.5 Å². The molecular weight excluding hydrogens is 445 g/mol. The molecular formula is C28H26FN3O3. The molecule has 0 spiro atoms. The molecule has 1 N–H and O–H groups in total. The van der Waals surface area contributed by atoms with E-state index in [1.165, 1.54) is 18.2 Å². The van der Waals surface area contributed by atoms with E-state index in [9.17, 15) is 9.18 Å². The van der Waals surface area contributed by atoms with Gasteiger partial charge in [-0.1, -0.05) is 30.3 Å². The van der Waals surface area contributed by atoms with Gasteiger partial charge in [0.2, 0.25) is 5.91 Å². The molecule has 0 bridgehead atoms. The summed E-state index contributed by atoms with van der Waals surface area (Å²) in [7, 11) is 1.61. The lowest BCUT2D eigenvalue weighted by Gasteiger charge is -2.11.